The summed E-state index contributed by atoms with van der Waals surface area (Å²) in [6, 6.07) is 0. The van der Waals surface area contributed by atoms with E-state index in [1.165, 1.54) is 10.9 Å². The molecule has 1 saturated heterocycles. The molecule has 0 aliphatic carbocycles. The second kappa shape index (κ2) is 9.02. The number of imidazole rings is 1. The van der Waals surface area contributed by atoms with E-state index in [9.17, 15) is 19.6 Å². The van der Waals surface area contributed by atoms with E-state index in [1.807, 2.05) is 0 Å². The molecule has 2 aromatic heterocycles. The number of fused-ring (bicyclic) bond motifs is 1. The van der Waals surface area contributed by atoms with Gasteiger partial charge in [-0.15, -0.1) is 0 Å². The van der Waals surface area contributed by atoms with Crippen molar-refractivity contribution < 1.29 is 33.8 Å². The van der Waals surface area contributed by atoms with Crippen LogP contribution in [0.2, 0.25) is 0 Å². The molecule has 2 aromatic rings. The van der Waals surface area contributed by atoms with Crippen LogP contribution in [0.1, 0.15) is 6.23 Å². The number of aliphatic hydroxyl groups is 2. The zero-order valence-corrected chi connectivity index (χ0v) is 18.3. The summed E-state index contributed by atoms with van der Waals surface area (Å²) in [6.45, 7) is -0.598. The van der Waals surface area contributed by atoms with Crippen molar-refractivity contribution in [1.82, 2.24) is 19.5 Å². The van der Waals surface area contributed by atoms with Crippen molar-refractivity contribution in [1.29, 1.82) is 0 Å². The zero-order valence-electron chi connectivity index (χ0n) is 13.4. The van der Waals surface area contributed by atoms with Crippen LogP contribution >= 0.6 is 7.82 Å². The van der Waals surface area contributed by atoms with Crippen LogP contribution in [0.25, 0.3) is 11.2 Å². The second-order valence-corrected chi connectivity index (χ2v) is 6.05. The molecular weight excluding hydrogens is 381 g/mol. The van der Waals surface area contributed by atoms with E-state index in [1.54, 1.807) is 0 Å². The third kappa shape index (κ3) is 4.79. The summed E-state index contributed by atoms with van der Waals surface area (Å²) in [5.41, 5.74) is -0.463. The first-order chi connectivity index (χ1) is 10.8. The van der Waals surface area contributed by atoms with Gasteiger partial charge in [-0.25, -0.2) is 14.5 Å². The molecule has 5 N–H and O–H groups in total. The molecule has 1 aliphatic rings. The van der Waals surface area contributed by atoms with E-state index in [-0.39, 0.29) is 70.3 Å². The van der Waals surface area contributed by atoms with Gasteiger partial charge in [0, 0.05) is 59.1 Å². The standard InChI is InChI=1S/C10H13N4O8P.2Na/c15-1-4-6(16)7(22-23(18,19)20)10(21-4)14-3-13-5-8(14)11-2-12-9(5)17;;/h2-4,6-7,10,15-16H,1H2,(H,11,12,17)(H2,18,19,20);;/t4-,6-,7-,10-;;/m1../s1. The number of phosphoric acid groups is 1. The van der Waals surface area contributed by atoms with Crippen LogP contribution < -0.4 is 5.56 Å². The first-order valence-electron chi connectivity index (χ1n) is 6.40. The molecule has 1 fully saturated rings. The minimum atomic E-state index is -4.94. The Kier molecular flexibility index (Phi) is 8.44. The summed E-state index contributed by atoms with van der Waals surface area (Å²) in [6.07, 6.45) is -3.08. The maximum atomic E-state index is 11.6. The van der Waals surface area contributed by atoms with E-state index in [0.717, 1.165) is 6.33 Å². The Morgan fingerprint density at radius 1 is 1.36 bits per heavy atom. The van der Waals surface area contributed by atoms with Crippen molar-refractivity contribution in [2.75, 3.05) is 6.61 Å². The fourth-order valence-corrected chi connectivity index (χ4v) is 2.96. The monoisotopic (exact) mass is 394 g/mol. The molecule has 0 saturated carbocycles. The molecule has 1 aliphatic heterocycles. The van der Waals surface area contributed by atoms with Crippen LogP contribution in [0.4, 0.5) is 0 Å². The summed E-state index contributed by atoms with van der Waals surface area (Å²) >= 11 is 0. The van der Waals surface area contributed by atoms with Gasteiger partial charge in [0.15, 0.2) is 17.4 Å². The number of rotatable bonds is 4. The normalized spacial score (nSPS) is 26.2. The number of aromatic amines is 1. The van der Waals surface area contributed by atoms with Crippen molar-refractivity contribution in [3.63, 3.8) is 0 Å². The fourth-order valence-electron chi connectivity index (χ4n) is 2.41. The molecule has 25 heavy (non-hydrogen) atoms. The summed E-state index contributed by atoms with van der Waals surface area (Å²) in [4.78, 5) is 39.7. The molecule has 3 rings (SSSR count). The molecule has 4 atom stereocenters. The predicted molar refractivity (Wildman–Crippen MR) is 83.6 cm³/mol. The van der Waals surface area contributed by atoms with Gasteiger partial charge in [0.05, 0.1) is 19.3 Å². The summed E-state index contributed by atoms with van der Waals surface area (Å²) in [5.74, 6) is 0. The second-order valence-electron chi connectivity index (χ2n) is 4.85. The van der Waals surface area contributed by atoms with Crippen LogP contribution in [-0.4, -0.2) is 124 Å². The van der Waals surface area contributed by atoms with Gasteiger partial charge < -0.3 is 29.7 Å². The van der Waals surface area contributed by atoms with Crippen molar-refractivity contribution in [2.24, 2.45) is 0 Å². The molecule has 0 bridgehead atoms. The van der Waals surface area contributed by atoms with Gasteiger partial charge in [-0.1, -0.05) is 0 Å². The van der Waals surface area contributed by atoms with Gasteiger partial charge in [-0.2, -0.15) is 0 Å². The number of hydrogen-bond acceptors (Lipinski definition) is 8. The SMILES string of the molecule is O=c1[nH]cnc2c1ncn2[C@@H]1O[C@H](CO)[C@@H](O)[C@H]1OP(=O)(O)O.[Na].[Na]. The number of phosphoric ester groups is 1. The summed E-state index contributed by atoms with van der Waals surface area (Å²) < 4.78 is 22.3. The molecule has 0 spiro atoms. The number of nitrogens with zero attached hydrogens (tertiary/aromatic N) is 3. The largest absolute Gasteiger partial charge is 0.470 e. The first-order valence-corrected chi connectivity index (χ1v) is 7.93. The Morgan fingerprint density at radius 2 is 2.04 bits per heavy atom. The molecule has 128 valence electrons. The number of hydrogen-bond donors (Lipinski definition) is 5. The maximum absolute atomic E-state index is 11.6. The van der Waals surface area contributed by atoms with Crippen molar-refractivity contribution >= 4 is 78.1 Å². The fraction of sp³-hybridized carbons (Fsp3) is 0.500. The van der Waals surface area contributed by atoms with Gasteiger partial charge in [0.1, 0.15) is 18.3 Å². The molecule has 15 heteroatoms. The third-order valence-corrected chi connectivity index (χ3v) is 3.91. The minimum Gasteiger partial charge on any atom is -0.394 e. The van der Waals surface area contributed by atoms with E-state index in [0.29, 0.717) is 0 Å². The minimum absolute atomic E-state index is 0. The average Bonchev–Trinajstić information content (AvgIpc) is 3.01. The van der Waals surface area contributed by atoms with Crippen LogP contribution in [0.3, 0.4) is 0 Å². The van der Waals surface area contributed by atoms with Crippen LogP contribution in [0.5, 0.6) is 0 Å². The Morgan fingerprint density at radius 3 is 2.64 bits per heavy atom. The van der Waals surface area contributed by atoms with E-state index in [4.69, 9.17) is 14.5 Å². The molecule has 0 aromatic carbocycles. The van der Waals surface area contributed by atoms with Crippen molar-refractivity contribution in [3.05, 3.63) is 23.0 Å². The van der Waals surface area contributed by atoms with Gasteiger partial charge in [0.2, 0.25) is 0 Å². The van der Waals surface area contributed by atoms with Crippen LogP contribution in [0.15, 0.2) is 17.4 Å². The topological polar surface area (TPSA) is 180 Å². The van der Waals surface area contributed by atoms with Gasteiger partial charge >= 0.3 is 7.82 Å². The number of nitrogens with one attached hydrogen (secondary N) is 1. The van der Waals surface area contributed by atoms with E-state index in [2.05, 4.69) is 19.5 Å². The Balaban J connectivity index is 0.00000156. The first kappa shape index (κ1) is 23.4. The smallest absolute Gasteiger partial charge is 0.394 e. The number of aliphatic hydroxyl groups excluding tert-OH is 2. The quantitative estimate of drug-likeness (QED) is 0.266. The number of aromatic nitrogens is 4. The van der Waals surface area contributed by atoms with Crippen molar-refractivity contribution in [3.8, 4) is 0 Å². The summed E-state index contributed by atoms with van der Waals surface area (Å²) in [7, 11) is -4.94. The average molecular weight is 394 g/mol. The van der Waals surface area contributed by atoms with Crippen molar-refractivity contribution in [2.45, 2.75) is 24.5 Å². The molecule has 0 unspecified atom stereocenters. The molecular formula is C10H13N4Na2O8P. The van der Waals surface area contributed by atoms with Gasteiger partial charge in [0.25, 0.3) is 5.56 Å². The van der Waals surface area contributed by atoms with Gasteiger partial charge in [-0.05, 0) is 0 Å². The maximum Gasteiger partial charge on any atom is 0.470 e. The number of H-pyrrole nitrogens is 1. The van der Waals surface area contributed by atoms with Crippen LogP contribution in [-0.2, 0) is 13.8 Å². The molecule has 2 radical (unpaired) electrons. The zero-order chi connectivity index (χ0) is 16.8. The Labute approximate surface area is 184 Å². The Bertz CT molecular complexity index is 825. The van der Waals surface area contributed by atoms with Crippen LogP contribution in [0, 0.1) is 0 Å². The van der Waals surface area contributed by atoms with E-state index < -0.39 is 44.5 Å². The Hall–Kier alpha value is 0.340. The van der Waals surface area contributed by atoms with Gasteiger partial charge in [-0.3, -0.25) is 13.9 Å². The summed E-state index contributed by atoms with van der Waals surface area (Å²) in [5, 5.41) is 19.2. The predicted octanol–water partition coefficient (Wildman–Crippen LogP) is -2.91. The molecule has 3 heterocycles. The van der Waals surface area contributed by atoms with E-state index >= 15 is 0 Å². The molecule has 12 nitrogen and oxygen atoms in total. The molecule has 0 amide bonds. The number of ether oxygens (including phenoxy) is 1. The third-order valence-electron chi connectivity index (χ3n) is 3.39.